The molecule has 0 saturated carbocycles. The Morgan fingerprint density at radius 3 is 2.62 bits per heavy atom. The molecule has 1 amide bonds. The van der Waals surface area contributed by atoms with Crippen LogP contribution in [0.15, 0.2) is 71.3 Å². The van der Waals surface area contributed by atoms with Gasteiger partial charge in [0.2, 0.25) is 5.88 Å². The number of halogens is 1. The minimum atomic E-state index is -0.916. The molecule has 1 aliphatic heterocycles. The molecule has 0 bridgehead atoms. The zero-order valence-electron chi connectivity index (χ0n) is 15.2. The van der Waals surface area contributed by atoms with E-state index in [9.17, 15) is 20.2 Å². The molecule has 0 radical (unpaired) electrons. The first-order valence-electron chi connectivity index (χ1n) is 8.41. The lowest BCUT2D eigenvalue weighted by Gasteiger charge is -2.27. The molecule has 3 N–H and O–H groups in total. The van der Waals surface area contributed by atoms with Gasteiger partial charge in [0.25, 0.3) is 11.6 Å². The van der Waals surface area contributed by atoms with Crippen LogP contribution in [0.5, 0.6) is 0 Å². The SMILES string of the molecule is CC1=C(C(=O)Nc2ccc(Cl)cc2)[C@@H](c2cccc([N+](=O)[O-])c2)C(C#N)=C(N)O1. The van der Waals surface area contributed by atoms with Crippen molar-refractivity contribution in [2.75, 3.05) is 5.32 Å². The van der Waals surface area contributed by atoms with Gasteiger partial charge >= 0.3 is 0 Å². The zero-order chi connectivity index (χ0) is 21.1. The Kier molecular flexibility index (Phi) is 5.52. The predicted octanol–water partition coefficient (Wildman–Crippen LogP) is 3.97. The normalized spacial score (nSPS) is 16.1. The number of allylic oxidation sites excluding steroid dienone is 2. The first-order valence-corrected chi connectivity index (χ1v) is 8.79. The molecule has 0 fully saturated rings. The van der Waals surface area contributed by atoms with Crippen molar-refractivity contribution >= 4 is 28.9 Å². The molecule has 0 spiro atoms. The summed E-state index contributed by atoms with van der Waals surface area (Å²) in [7, 11) is 0. The topological polar surface area (TPSA) is 131 Å². The number of nitrogens with one attached hydrogen (secondary N) is 1. The summed E-state index contributed by atoms with van der Waals surface area (Å²) in [6, 6.07) is 14.1. The Labute approximate surface area is 171 Å². The van der Waals surface area contributed by atoms with Crippen LogP contribution in [0.25, 0.3) is 0 Å². The van der Waals surface area contributed by atoms with E-state index in [1.54, 1.807) is 37.3 Å². The number of anilines is 1. The number of benzene rings is 2. The average molecular weight is 411 g/mol. The molecule has 9 heteroatoms. The molecule has 0 aromatic heterocycles. The van der Waals surface area contributed by atoms with Crippen molar-refractivity contribution in [3.8, 4) is 6.07 Å². The number of nitrogens with two attached hydrogens (primary N) is 1. The molecule has 2 aromatic carbocycles. The second kappa shape index (κ2) is 8.04. The van der Waals surface area contributed by atoms with Gasteiger partial charge in [0.15, 0.2) is 0 Å². The van der Waals surface area contributed by atoms with Gasteiger partial charge in [0, 0.05) is 22.8 Å². The van der Waals surface area contributed by atoms with Gasteiger partial charge in [0.05, 0.1) is 16.4 Å². The number of non-ortho nitro benzene ring substituents is 1. The molecule has 0 unspecified atom stereocenters. The molecule has 146 valence electrons. The third-order valence-corrected chi connectivity index (χ3v) is 4.62. The van der Waals surface area contributed by atoms with Gasteiger partial charge in [-0.1, -0.05) is 23.7 Å². The number of carbonyl (C=O) groups excluding carboxylic acids is 1. The van der Waals surface area contributed by atoms with Gasteiger partial charge < -0.3 is 15.8 Å². The third-order valence-electron chi connectivity index (χ3n) is 4.37. The Hall–Kier alpha value is -3.83. The van der Waals surface area contributed by atoms with Crippen LogP contribution in [0.1, 0.15) is 18.4 Å². The maximum atomic E-state index is 13.0. The van der Waals surface area contributed by atoms with E-state index < -0.39 is 16.7 Å². The second-order valence-electron chi connectivity index (χ2n) is 6.21. The number of nitro groups is 1. The van der Waals surface area contributed by atoms with Gasteiger partial charge in [-0.15, -0.1) is 0 Å². The highest BCUT2D eigenvalue weighted by Crippen LogP contribution is 2.40. The van der Waals surface area contributed by atoms with Crippen molar-refractivity contribution in [2.45, 2.75) is 12.8 Å². The quantitative estimate of drug-likeness (QED) is 0.579. The highest BCUT2D eigenvalue weighted by Gasteiger charge is 2.36. The summed E-state index contributed by atoms with van der Waals surface area (Å²) < 4.78 is 5.41. The molecule has 29 heavy (non-hydrogen) atoms. The van der Waals surface area contributed by atoms with E-state index in [4.69, 9.17) is 22.1 Å². The summed E-state index contributed by atoms with van der Waals surface area (Å²) in [4.78, 5) is 23.7. The van der Waals surface area contributed by atoms with E-state index in [1.165, 1.54) is 18.2 Å². The van der Waals surface area contributed by atoms with Crippen LogP contribution in [0.2, 0.25) is 5.02 Å². The molecule has 0 aliphatic carbocycles. The van der Waals surface area contributed by atoms with Crippen LogP contribution in [-0.4, -0.2) is 10.8 Å². The van der Waals surface area contributed by atoms with E-state index in [0.717, 1.165) is 0 Å². The highest BCUT2D eigenvalue weighted by molar-refractivity contribution is 6.30. The summed E-state index contributed by atoms with van der Waals surface area (Å²) in [5, 5.41) is 24.0. The molecular weight excluding hydrogens is 396 g/mol. The summed E-state index contributed by atoms with van der Waals surface area (Å²) in [5.74, 6) is -1.39. The summed E-state index contributed by atoms with van der Waals surface area (Å²) in [6.45, 7) is 1.54. The number of amides is 1. The van der Waals surface area contributed by atoms with Crippen LogP contribution in [0.3, 0.4) is 0 Å². The lowest BCUT2D eigenvalue weighted by molar-refractivity contribution is -0.384. The third kappa shape index (κ3) is 4.05. The second-order valence-corrected chi connectivity index (χ2v) is 6.64. The van der Waals surface area contributed by atoms with Crippen molar-refractivity contribution in [1.29, 1.82) is 5.26 Å². The summed E-state index contributed by atoms with van der Waals surface area (Å²) >= 11 is 5.86. The largest absolute Gasteiger partial charge is 0.445 e. The van der Waals surface area contributed by atoms with Crippen LogP contribution in [0, 0.1) is 21.4 Å². The summed E-state index contributed by atoms with van der Waals surface area (Å²) in [6.07, 6.45) is 0. The van der Waals surface area contributed by atoms with Gasteiger partial charge in [0.1, 0.15) is 17.4 Å². The fraction of sp³-hybridized carbons (Fsp3) is 0.100. The number of carbonyl (C=O) groups is 1. The molecule has 1 atom stereocenters. The van der Waals surface area contributed by atoms with Crippen LogP contribution in [-0.2, 0) is 9.53 Å². The standard InChI is InChI=1S/C20H15ClN4O4/c1-11-17(20(26)24-14-7-5-13(21)6-8-14)18(16(10-22)19(23)29-11)12-3-2-4-15(9-12)25(27)28/h2-9,18H,23H2,1H3,(H,24,26)/t18-/m0/s1. The van der Waals surface area contributed by atoms with Crippen LogP contribution in [0.4, 0.5) is 11.4 Å². The molecule has 3 rings (SSSR count). The molecule has 8 nitrogen and oxygen atoms in total. The predicted molar refractivity (Wildman–Crippen MR) is 107 cm³/mol. The van der Waals surface area contributed by atoms with Crippen LogP contribution < -0.4 is 11.1 Å². The van der Waals surface area contributed by atoms with E-state index >= 15 is 0 Å². The maximum Gasteiger partial charge on any atom is 0.269 e. The van der Waals surface area contributed by atoms with Crippen molar-refractivity contribution in [2.24, 2.45) is 5.73 Å². The van der Waals surface area contributed by atoms with Crippen molar-refractivity contribution in [1.82, 2.24) is 0 Å². The Bertz CT molecular complexity index is 1100. The monoisotopic (exact) mass is 410 g/mol. The number of hydrogen-bond acceptors (Lipinski definition) is 6. The average Bonchev–Trinajstić information content (AvgIpc) is 2.69. The minimum absolute atomic E-state index is 0.00245. The van der Waals surface area contributed by atoms with Crippen molar-refractivity contribution in [3.63, 3.8) is 0 Å². The van der Waals surface area contributed by atoms with E-state index in [2.05, 4.69) is 5.32 Å². The Morgan fingerprint density at radius 2 is 2.00 bits per heavy atom. The van der Waals surface area contributed by atoms with E-state index in [1.807, 2.05) is 6.07 Å². The smallest absolute Gasteiger partial charge is 0.269 e. The Morgan fingerprint density at radius 1 is 1.31 bits per heavy atom. The fourth-order valence-electron chi connectivity index (χ4n) is 3.06. The number of nitriles is 1. The summed E-state index contributed by atoms with van der Waals surface area (Å²) in [5.41, 5.74) is 6.68. The number of nitrogens with zero attached hydrogens (tertiary/aromatic N) is 2. The number of nitro benzene ring substituents is 1. The molecular formula is C20H15ClN4O4. The first kappa shape index (κ1) is 19.9. The highest BCUT2D eigenvalue weighted by atomic mass is 35.5. The molecule has 2 aromatic rings. The van der Waals surface area contributed by atoms with Gasteiger partial charge in [-0.2, -0.15) is 5.26 Å². The molecule has 0 saturated heterocycles. The number of ether oxygens (including phenoxy) is 1. The molecule has 1 aliphatic rings. The molecule has 1 heterocycles. The fourth-order valence-corrected chi connectivity index (χ4v) is 3.18. The van der Waals surface area contributed by atoms with Gasteiger partial charge in [-0.3, -0.25) is 14.9 Å². The Balaban J connectivity index is 2.07. The minimum Gasteiger partial charge on any atom is -0.445 e. The van der Waals surface area contributed by atoms with E-state index in [-0.39, 0.29) is 28.5 Å². The number of hydrogen-bond donors (Lipinski definition) is 2. The van der Waals surface area contributed by atoms with Crippen LogP contribution >= 0.6 is 11.6 Å². The number of rotatable bonds is 4. The lowest BCUT2D eigenvalue weighted by Crippen LogP contribution is -2.27. The maximum absolute atomic E-state index is 13.0. The zero-order valence-corrected chi connectivity index (χ0v) is 15.9. The van der Waals surface area contributed by atoms with Crippen molar-refractivity contribution < 1.29 is 14.5 Å². The van der Waals surface area contributed by atoms with Gasteiger partial charge in [-0.25, -0.2) is 0 Å². The first-order chi connectivity index (χ1) is 13.8. The van der Waals surface area contributed by atoms with E-state index in [0.29, 0.717) is 16.3 Å². The lowest BCUT2D eigenvalue weighted by atomic mass is 9.82. The van der Waals surface area contributed by atoms with Gasteiger partial charge in [-0.05, 0) is 36.8 Å². The van der Waals surface area contributed by atoms with Crippen molar-refractivity contribution in [3.05, 3.63) is 92.0 Å².